The van der Waals surface area contributed by atoms with Gasteiger partial charge in [-0.25, -0.2) is 4.98 Å². The fraction of sp³-hybridized carbons (Fsp3) is 0.250. The monoisotopic (exact) mass is 302 g/mol. The number of benzene rings is 1. The minimum atomic E-state index is -0.0465. The molecule has 1 N–H and O–H groups in total. The minimum absolute atomic E-state index is 0.0220. The lowest BCUT2D eigenvalue weighted by atomic mass is 10.1. The summed E-state index contributed by atoms with van der Waals surface area (Å²) in [6.45, 7) is 0. The summed E-state index contributed by atoms with van der Waals surface area (Å²) in [6.07, 6.45) is 2.44. The van der Waals surface area contributed by atoms with E-state index in [0.717, 1.165) is 17.0 Å². The zero-order valence-electron chi connectivity index (χ0n) is 11.5. The highest BCUT2D eigenvalue weighted by molar-refractivity contribution is 6.31. The zero-order chi connectivity index (χ0) is 14.8. The van der Waals surface area contributed by atoms with Crippen molar-refractivity contribution in [2.75, 3.05) is 12.4 Å². The van der Waals surface area contributed by atoms with Gasteiger partial charge in [-0.2, -0.15) is 0 Å². The third kappa shape index (κ3) is 2.85. The van der Waals surface area contributed by atoms with Crippen molar-refractivity contribution in [1.29, 1.82) is 0 Å². The lowest BCUT2D eigenvalue weighted by Gasteiger charge is -2.08. The van der Waals surface area contributed by atoms with Gasteiger partial charge in [-0.3, -0.25) is 4.79 Å². The Balaban J connectivity index is 1.70. The second kappa shape index (κ2) is 5.74. The van der Waals surface area contributed by atoms with Crippen LogP contribution >= 0.6 is 11.6 Å². The molecule has 21 heavy (non-hydrogen) atoms. The van der Waals surface area contributed by atoms with E-state index in [2.05, 4.69) is 10.3 Å². The van der Waals surface area contributed by atoms with Gasteiger partial charge >= 0.3 is 0 Å². The summed E-state index contributed by atoms with van der Waals surface area (Å²) in [5, 5.41) is 3.59. The minimum Gasteiger partial charge on any atom is -0.480 e. The average Bonchev–Trinajstić information content (AvgIpc) is 3.29. The second-order valence-corrected chi connectivity index (χ2v) is 5.43. The molecule has 1 fully saturated rings. The van der Waals surface area contributed by atoms with Crippen LogP contribution in [0.2, 0.25) is 5.02 Å². The molecule has 0 bridgehead atoms. The van der Waals surface area contributed by atoms with Gasteiger partial charge in [-0.05, 0) is 36.1 Å². The van der Waals surface area contributed by atoms with E-state index in [-0.39, 0.29) is 17.7 Å². The van der Waals surface area contributed by atoms with E-state index in [1.54, 1.807) is 18.3 Å². The van der Waals surface area contributed by atoms with Crippen molar-refractivity contribution in [3.05, 3.63) is 53.2 Å². The lowest BCUT2D eigenvalue weighted by molar-refractivity contribution is -0.117. The van der Waals surface area contributed by atoms with Crippen LogP contribution in [0.3, 0.4) is 0 Å². The Morgan fingerprint density at radius 2 is 2.14 bits per heavy atom. The van der Waals surface area contributed by atoms with E-state index in [9.17, 15) is 4.79 Å². The number of rotatable bonds is 4. The Kier molecular flexibility index (Phi) is 3.80. The summed E-state index contributed by atoms with van der Waals surface area (Å²) < 4.78 is 5.13. The number of aromatic nitrogens is 1. The van der Waals surface area contributed by atoms with Crippen LogP contribution in [0.15, 0.2) is 42.6 Å². The molecule has 3 rings (SSSR count). The summed E-state index contributed by atoms with van der Waals surface area (Å²) >= 11 is 6.18. The maximum atomic E-state index is 12.3. The Hall–Kier alpha value is -2.07. The molecule has 5 heteroatoms. The molecular formula is C16H15ClN2O2. The number of anilines is 1. The smallest absolute Gasteiger partial charge is 0.237 e. The van der Waals surface area contributed by atoms with Crippen molar-refractivity contribution in [1.82, 2.24) is 4.98 Å². The summed E-state index contributed by atoms with van der Waals surface area (Å²) in [4.78, 5) is 16.4. The largest absolute Gasteiger partial charge is 0.480 e. The first-order valence-corrected chi connectivity index (χ1v) is 7.13. The van der Waals surface area contributed by atoms with Gasteiger partial charge in [0.15, 0.2) is 0 Å². The molecule has 1 aliphatic rings. The maximum absolute atomic E-state index is 12.3. The van der Waals surface area contributed by atoms with Crippen molar-refractivity contribution in [3.63, 3.8) is 0 Å². The molecule has 1 saturated carbocycles. The molecule has 1 aromatic heterocycles. The van der Waals surface area contributed by atoms with Crippen molar-refractivity contribution >= 4 is 23.2 Å². The van der Waals surface area contributed by atoms with E-state index >= 15 is 0 Å². The number of pyridine rings is 1. The molecule has 1 amide bonds. The van der Waals surface area contributed by atoms with Crippen molar-refractivity contribution in [2.45, 2.75) is 12.3 Å². The second-order valence-electron chi connectivity index (χ2n) is 5.02. The van der Waals surface area contributed by atoms with E-state index in [1.807, 2.05) is 24.3 Å². The van der Waals surface area contributed by atoms with E-state index in [1.165, 1.54) is 7.11 Å². The molecule has 108 valence electrons. The molecule has 2 atom stereocenters. The number of methoxy groups -OCH3 is 1. The molecule has 2 aromatic rings. The van der Waals surface area contributed by atoms with Crippen LogP contribution in [0, 0.1) is 5.92 Å². The number of hydrogen-bond acceptors (Lipinski definition) is 3. The third-order valence-electron chi connectivity index (χ3n) is 3.65. The first kappa shape index (κ1) is 13.9. The first-order valence-electron chi connectivity index (χ1n) is 6.75. The molecule has 4 nitrogen and oxygen atoms in total. The SMILES string of the molecule is COc1ncccc1NC(=O)[C@@H]1C[C@H]1c1ccccc1Cl. The van der Waals surface area contributed by atoms with Crippen molar-refractivity contribution in [2.24, 2.45) is 5.92 Å². The van der Waals surface area contributed by atoms with Gasteiger partial charge < -0.3 is 10.1 Å². The number of nitrogens with zero attached hydrogens (tertiary/aromatic N) is 1. The highest BCUT2D eigenvalue weighted by atomic mass is 35.5. The summed E-state index contributed by atoms with van der Waals surface area (Å²) in [7, 11) is 1.53. The average molecular weight is 303 g/mol. The fourth-order valence-corrected chi connectivity index (χ4v) is 2.75. The molecule has 1 heterocycles. The van der Waals surface area contributed by atoms with Gasteiger partial charge in [-0.1, -0.05) is 29.8 Å². The maximum Gasteiger partial charge on any atom is 0.237 e. The molecule has 1 aromatic carbocycles. The number of nitrogens with one attached hydrogen (secondary N) is 1. The van der Waals surface area contributed by atoms with Gasteiger partial charge in [0.05, 0.1) is 7.11 Å². The van der Waals surface area contributed by atoms with Crippen LogP contribution in [0.4, 0.5) is 5.69 Å². The Morgan fingerprint density at radius 3 is 2.90 bits per heavy atom. The molecule has 1 aliphatic carbocycles. The van der Waals surface area contributed by atoms with Crippen LogP contribution < -0.4 is 10.1 Å². The summed E-state index contributed by atoms with van der Waals surface area (Å²) in [5.74, 6) is 0.545. The summed E-state index contributed by atoms with van der Waals surface area (Å²) in [6, 6.07) is 11.2. The number of carbonyl (C=O) groups is 1. The van der Waals surface area contributed by atoms with Gasteiger partial charge in [0.25, 0.3) is 0 Å². The van der Waals surface area contributed by atoms with Crippen LogP contribution in [0.5, 0.6) is 5.88 Å². The van der Waals surface area contributed by atoms with Crippen LogP contribution in [-0.4, -0.2) is 18.0 Å². The number of carbonyl (C=O) groups excluding carboxylic acids is 1. The standard InChI is InChI=1S/C16H15ClN2O2/c1-21-16-14(7-4-8-18-16)19-15(20)12-9-11(12)10-5-2-3-6-13(10)17/h2-8,11-12H,9H2,1H3,(H,19,20)/t11-,12+/m0/s1. The molecule has 0 unspecified atom stereocenters. The number of amides is 1. The number of ether oxygens (including phenoxy) is 1. The van der Waals surface area contributed by atoms with Gasteiger partial charge in [0.1, 0.15) is 5.69 Å². The Labute approximate surface area is 128 Å². The van der Waals surface area contributed by atoms with Crippen LogP contribution in [0.1, 0.15) is 17.9 Å². The topological polar surface area (TPSA) is 51.2 Å². The normalized spacial score (nSPS) is 19.9. The number of halogens is 1. The van der Waals surface area contributed by atoms with Gasteiger partial charge in [-0.15, -0.1) is 0 Å². The van der Waals surface area contributed by atoms with Crippen LogP contribution in [0.25, 0.3) is 0 Å². The quantitative estimate of drug-likeness (QED) is 0.940. The van der Waals surface area contributed by atoms with E-state index in [0.29, 0.717) is 11.6 Å². The van der Waals surface area contributed by atoms with Crippen molar-refractivity contribution < 1.29 is 9.53 Å². The van der Waals surface area contributed by atoms with Gasteiger partial charge in [0, 0.05) is 17.1 Å². The molecule has 0 aliphatic heterocycles. The predicted molar refractivity (Wildman–Crippen MR) is 81.7 cm³/mol. The highest BCUT2D eigenvalue weighted by Crippen LogP contribution is 2.50. The number of hydrogen-bond donors (Lipinski definition) is 1. The first-order chi connectivity index (χ1) is 10.2. The van der Waals surface area contributed by atoms with E-state index in [4.69, 9.17) is 16.3 Å². The zero-order valence-corrected chi connectivity index (χ0v) is 12.3. The third-order valence-corrected chi connectivity index (χ3v) is 4.00. The van der Waals surface area contributed by atoms with Gasteiger partial charge in [0.2, 0.25) is 11.8 Å². The van der Waals surface area contributed by atoms with Crippen molar-refractivity contribution in [3.8, 4) is 5.88 Å². The molecule has 0 saturated heterocycles. The Bertz CT molecular complexity index is 675. The lowest BCUT2D eigenvalue weighted by Crippen LogP contribution is -2.15. The molecule has 0 radical (unpaired) electrons. The summed E-state index contributed by atoms with van der Waals surface area (Å²) in [5.41, 5.74) is 1.63. The Morgan fingerprint density at radius 1 is 1.33 bits per heavy atom. The van der Waals surface area contributed by atoms with E-state index < -0.39 is 0 Å². The predicted octanol–water partition coefficient (Wildman–Crippen LogP) is 3.49. The highest BCUT2D eigenvalue weighted by Gasteiger charge is 2.44. The molecule has 0 spiro atoms. The molecular weight excluding hydrogens is 288 g/mol. The van der Waals surface area contributed by atoms with Crippen LogP contribution in [-0.2, 0) is 4.79 Å². The fourth-order valence-electron chi connectivity index (χ4n) is 2.48.